The number of rotatable bonds is 4. The SMILES string of the molecule is CNCC(=O)N1[C@H](c2ccc3c(c2)OCO3)c2[nH]c3ccccc3c2C[C@@H]1C(=O)OC. The number of fused-ring (bicyclic) bond motifs is 4. The monoisotopic (exact) mass is 421 g/mol. The summed E-state index contributed by atoms with van der Waals surface area (Å²) < 4.78 is 16.1. The van der Waals surface area contributed by atoms with E-state index in [1.165, 1.54) is 7.11 Å². The van der Waals surface area contributed by atoms with Crippen LogP contribution in [0.2, 0.25) is 0 Å². The van der Waals surface area contributed by atoms with Crippen LogP contribution in [0, 0.1) is 0 Å². The van der Waals surface area contributed by atoms with Gasteiger partial charge >= 0.3 is 5.97 Å². The van der Waals surface area contributed by atoms with Gasteiger partial charge in [-0.1, -0.05) is 24.3 Å². The van der Waals surface area contributed by atoms with E-state index in [4.69, 9.17) is 14.2 Å². The van der Waals surface area contributed by atoms with Crippen molar-refractivity contribution < 1.29 is 23.8 Å². The number of esters is 1. The highest BCUT2D eigenvalue weighted by Gasteiger charge is 2.44. The third-order valence-electron chi connectivity index (χ3n) is 5.93. The summed E-state index contributed by atoms with van der Waals surface area (Å²) in [5.41, 5.74) is 3.70. The van der Waals surface area contributed by atoms with Gasteiger partial charge in [0.1, 0.15) is 6.04 Å². The minimum absolute atomic E-state index is 0.101. The van der Waals surface area contributed by atoms with Crippen LogP contribution in [0.25, 0.3) is 10.9 Å². The molecule has 1 amide bonds. The number of carbonyl (C=O) groups excluding carboxylic acids is 2. The zero-order chi connectivity index (χ0) is 21.5. The van der Waals surface area contributed by atoms with Gasteiger partial charge in [0, 0.05) is 23.0 Å². The molecule has 0 saturated carbocycles. The first-order chi connectivity index (χ1) is 15.1. The average Bonchev–Trinajstić information content (AvgIpc) is 3.41. The van der Waals surface area contributed by atoms with E-state index in [-0.39, 0.29) is 19.2 Å². The van der Waals surface area contributed by atoms with Crippen molar-refractivity contribution in [3.8, 4) is 11.5 Å². The van der Waals surface area contributed by atoms with Gasteiger partial charge in [0.15, 0.2) is 11.5 Å². The summed E-state index contributed by atoms with van der Waals surface area (Å²) >= 11 is 0. The van der Waals surface area contributed by atoms with E-state index in [1.807, 2.05) is 42.5 Å². The molecule has 0 bridgehead atoms. The molecule has 5 rings (SSSR count). The number of aromatic nitrogens is 1. The lowest BCUT2D eigenvalue weighted by atomic mass is 9.87. The van der Waals surface area contributed by atoms with Crippen LogP contribution in [-0.4, -0.2) is 55.3 Å². The van der Waals surface area contributed by atoms with Gasteiger partial charge < -0.3 is 29.4 Å². The Kier molecular flexibility index (Phi) is 4.78. The fraction of sp³-hybridized carbons (Fsp3) is 0.304. The standard InChI is InChI=1S/C23H23N3O5/c1-24-11-20(27)26-17(23(28)29-2)10-15-14-5-3-4-6-16(14)25-21(15)22(26)13-7-8-18-19(9-13)31-12-30-18/h3-9,17,22,24-25H,10-12H2,1-2H3/t17-,22-/m1/s1. The van der Waals surface area contributed by atoms with Crippen molar-refractivity contribution in [1.82, 2.24) is 15.2 Å². The molecular formula is C23H23N3O5. The number of hydrogen-bond donors (Lipinski definition) is 2. The van der Waals surface area contributed by atoms with Crippen molar-refractivity contribution in [3.05, 3.63) is 59.3 Å². The number of carbonyl (C=O) groups is 2. The molecule has 2 aromatic carbocycles. The molecule has 0 spiro atoms. The molecule has 0 aliphatic carbocycles. The lowest BCUT2D eigenvalue weighted by Crippen LogP contribution is -2.53. The molecule has 0 radical (unpaired) electrons. The van der Waals surface area contributed by atoms with Crippen LogP contribution in [0.15, 0.2) is 42.5 Å². The fourth-order valence-corrected chi connectivity index (χ4v) is 4.59. The molecule has 3 heterocycles. The zero-order valence-corrected chi connectivity index (χ0v) is 17.3. The largest absolute Gasteiger partial charge is 0.467 e. The number of amides is 1. The first-order valence-electron chi connectivity index (χ1n) is 10.1. The Morgan fingerprint density at radius 2 is 2.00 bits per heavy atom. The Bertz CT molecular complexity index is 1170. The summed E-state index contributed by atoms with van der Waals surface area (Å²) in [5, 5.41) is 3.95. The van der Waals surface area contributed by atoms with Crippen molar-refractivity contribution >= 4 is 22.8 Å². The predicted octanol–water partition coefficient (Wildman–Crippen LogP) is 2.13. The third kappa shape index (κ3) is 3.11. The summed E-state index contributed by atoms with van der Waals surface area (Å²) in [7, 11) is 3.06. The minimum atomic E-state index is -0.743. The molecule has 160 valence electrons. The van der Waals surface area contributed by atoms with Crippen molar-refractivity contribution in [1.29, 1.82) is 0 Å². The molecule has 8 nitrogen and oxygen atoms in total. The summed E-state index contributed by atoms with van der Waals surface area (Å²) in [6.07, 6.45) is 0.378. The van der Waals surface area contributed by atoms with E-state index in [1.54, 1.807) is 11.9 Å². The predicted molar refractivity (Wildman–Crippen MR) is 113 cm³/mol. The second-order valence-corrected chi connectivity index (χ2v) is 7.65. The maximum atomic E-state index is 13.3. The Labute approximate surface area is 179 Å². The summed E-state index contributed by atoms with van der Waals surface area (Å²) in [6.45, 7) is 0.262. The first kappa shape index (κ1) is 19.4. The van der Waals surface area contributed by atoms with E-state index >= 15 is 0 Å². The zero-order valence-electron chi connectivity index (χ0n) is 17.3. The second kappa shape index (κ2) is 7.63. The van der Waals surface area contributed by atoms with Crippen LogP contribution >= 0.6 is 0 Å². The van der Waals surface area contributed by atoms with Crippen LogP contribution in [0.5, 0.6) is 11.5 Å². The number of para-hydroxylation sites is 1. The summed E-state index contributed by atoms with van der Waals surface area (Å²) in [6, 6.07) is 12.3. The highest BCUT2D eigenvalue weighted by molar-refractivity contribution is 5.91. The van der Waals surface area contributed by atoms with Gasteiger partial charge in [-0.2, -0.15) is 0 Å². The Hall–Kier alpha value is -3.52. The van der Waals surface area contributed by atoms with Crippen molar-refractivity contribution in [2.75, 3.05) is 27.5 Å². The van der Waals surface area contributed by atoms with Gasteiger partial charge in [-0.3, -0.25) is 4.79 Å². The molecule has 0 saturated heterocycles. The Morgan fingerprint density at radius 1 is 1.19 bits per heavy atom. The third-order valence-corrected chi connectivity index (χ3v) is 5.93. The molecule has 2 aliphatic heterocycles. The van der Waals surface area contributed by atoms with Gasteiger partial charge in [0.25, 0.3) is 0 Å². The van der Waals surface area contributed by atoms with Crippen LogP contribution in [-0.2, 0) is 20.7 Å². The first-order valence-corrected chi connectivity index (χ1v) is 10.1. The molecule has 3 aromatic rings. The van der Waals surface area contributed by atoms with E-state index in [0.29, 0.717) is 17.9 Å². The number of aromatic amines is 1. The lowest BCUT2D eigenvalue weighted by molar-refractivity contribution is -0.154. The lowest BCUT2D eigenvalue weighted by Gasteiger charge is -2.41. The van der Waals surface area contributed by atoms with Gasteiger partial charge in [-0.25, -0.2) is 4.79 Å². The highest BCUT2D eigenvalue weighted by atomic mass is 16.7. The maximum Gasteiger partial charge on any atom is 0.328 e. The smallest absolute Gasteiger partial charge is 0.328 e. The Balaban J connectivity index is 1.73. The van der Waals surface area contributed by atoms with E-state index < -0.39 is 18.1 Å². The van der Waals surface area contributed by atoms with E-state index in [9.17, 15) is 9.59 Å². The van der Waals surface area contributed by atoms with Gasteiger partial charge in [0.2, 0.25) is 12.7 Å². The number of nitrogens with zero attached hydrogens (tertiary/aromatic N) is 1. The van der Waals surface area contributed by atoms with Crippen molar-refractivity contribution in [2.24, 2.45) is 0 Å². The molecular weight excluding hydrogens is 398 g/mol. The Morgan fingerprint density at radius 3 is 2.81 bits per heavy atom. The van der Waals surface area contributed by atoms with Crippen LogP contribution in [0.4, 0.5) is 0 Å². The number of H-pyrrole nitrogens is 1. The number of ether oxygens (including phenoxy) is 3. The van der Waals surface area contributed by atoms with Gasteiger partial charge in [0.05, 0.1) is 19.7 Å². The van der Waals surface area contributed by atoms with Crippen LogP contribution in [0.1, 0.15) is 22.9 Å². The van der Waals surface area contributed by atoms with Crippen molar-refractivity contribution in [2.45, 2.75) is 18.5 Å². The number of hydrogen-bond acceptors (Lipinski definition) is 6. The maximum absolute atomic E-state index is 13.3. The fourth-order valence-electron chi connectivity index (χ4n) is 4.59. The normalized spacial score (nSPS) is 19.4. The topological polar surface area (TPSA) is 92.9 Å². The number of benzene rings is 2. The molecule has 8 heteroatoms. The quantitative estimate of drug-likeness (QED) is 0.627. The highest BCUT2D eigenvalue weighted by Crippen LogP contribution is 2.43. The van der Waals surface area contributed by atoms with Crippen LogP contribution in [0.3, 0.4) is 0 Å². The van der Waals surface area contributed by atoms with Gasteiger partial charge in [-0.05, 0) is 36.4 Å². The molecule has 2 N–H and O–H groups in total. The van der Waals surface area contributed by atoms with E-state index in [0.717, 1.165) is 27.7 Å². The molecule has 2 aliphatic rings. The van der Waals surface area contributed by atoms with E-state index in [2.05, 4.69) is 10.3 Å². The summed E-state index contributed by atoms with van der Waals surface area (Å²) in [4.78, 5) is 31.2. The average molecular weight is 421 g/mol. The minimum Gasteiger partial charge on any atom is -0.467 e. The number of likely N-dealkylation sites (N-methyl/N-ethyl adjacent to an activating group) is 1. The van der Waals surface area contributed by atoms with Crippen molar-refractivity contribution in [3.63, 3.8) is 0 Å². The molecule has 2 atom stereocenters. The molecule has 0 unspecified atom stereocenters. The molecule has 0 fully saturated rings. The second-order valence-electron chi connectivity index (χ2n) is 7.65. The number of methoxy groups -OCH3 is 1. The summed E-state index contributed by atoms with van der Waals surface area (Å²) in [5.74, 6) is 0.654. The molecule has 1 aromatic heterocycles. The number of nitrogens with one attached hydrogen (secondary N) is 2. The molecule has 31 heavy (non-hydrogen) atoms. The van der Waals surface area contributed by atoms with Gasteiger partial charge in [-0.15, -0.1) is 0 Å². The van der Waals surface area contributed by atoms with Crippen LogP contribution < -0.4 is 14.8 Å².